The van der Waals surface area contributed by atoms with Gasteiger partial charge < -0.3 is 4.42 Å². The molecule has 0 aliphatic rings. The van der Waals surface area contributed by atoms with Gasteiger partial charge in [0.05, 0.1) is 24.1 Å². The maximum absolute atomic E-state index is 12.4. The van der Waals surface area contributed by atoms with E-state index in [0.717, 1.165) is 23.3 Å². The average molecular weight is 270 g/mol. The summed E-state index contributed by atoms with van der Waals surface area (Å²) in [6, 6.07) is 6.60. The topological polar surface area (TPSA) is 51.2 Å². The van der Waals surface area contributed by atoms with Crippen LogP contribution in [0.1, 0.15) is 22.7 Å². The summed E-state index contributed by atoms with van der Waals surface area (Å²) >= 11 is 0. The van der Waals surface area contributed by atoms with Crippen molar-refractivity contribution in [3.05, 3.63) is 59.5 Å². The van der Waals surface area contributed by atoms with Gasteiger partial charge in [0.2, 0.25) is 0 Å². The quantitative estimate of drug-likeness (QED) is 0.663. The first kappa shape index (κ1) is 13.6. The van der Waals surface area contributed by atoms with E-state index < -0.39 is 11.7 Å². The van der Waals surface area contributed by atoms with E-state index in [1.54, 1.807) is 12.3 Å². The normalized spacial score (nSPS) is 13.5. The fourth-order valence-corrected chi connectivity index (χ4v) is 1.81. The third kappa shape index (κ3) is 3.36. The molecule has 0 spiro atoms. The van der Waals surface area contributed by atoms with Crippen LogP contribution in [0.4, 0.5) is 13.2 Å². The summed E-state index contributed by atoms with van der Waals surface area (Å²) in [7, 11) is 0. The molecule has 1 atom stereocenters. The number of furan rings is 1. The number of hydrogen-bond acceptors (Lipinski definition) is 3. The van der Waals surface area contributed by atoms with Gasteiger partial charge in [0, 0.05) is 5.56 Å². The molecule has 3 N–H and O–H groups in total. The minimum absolute atomic E-state index is 0.199. The van der Waals surface area contributed by atoms with Gasteiger partial charge >= 0.3 is 6.18 Å². The molecule has 1 aromatic carbocycles. The van der Waals surface area contributed by atoms with Gasteiger partial charge in [-0.1, -0.05) is 12.1 Å². The fraction of sp³-hybridized carbons (Fsp3) is 0.231. The third-order valence-corrected chi connectivity index (χ3v) is 2.87. The van der Waals surface area contributed by atoms with Gasteiger partial charge in [-0.2, -0.15) is 13.2 Å². The molecule has 0 aliphatic carbocycles. The van der Waals surface area contributed by atoms with Crippen LogP contribution in [-0.4, -0.2) is 0 Å². The largest absolute Gasteiger partial charge is 0.472 e. The number of rotatable bonds is 4. The Morgan fingerprint density at radius 1 is 1.16 bits per heavy atom. The number of hydrazine groups is 1. The Morgan fingerprint density at radius 2 is 1.84 bits per heavy atom. The molecule has 0 saturated carbocycles. The predicted octanol–water partition coefficient (Wildman–Crippen LogP) is 3.05. The van der Waals surface area contributed by atoms with Gasteiger partial charge in [0.1, 0.15) is 0 Å². The van der Waals surface area contributed by atoms with Crippen LogP contribution in [0.3, 0.4) is 0 Å². The predicted molar refractivity (Wildman–Crippen MR) is 63.9 cm³/mol. The summed E-state index contributed by atoms with van der Waals surface area (Å²) in [6.07, 6.45) is -0.760. The minimum Gasteiger partial charge on any atom is -0.472 e. The van der Waals surface area contributed by atoms with Gasteiger partial charge in [-0.3, -0.25) is 11.3 Å². The first-order chi connectivity index (χ1) is 9.00. The van der Waals surface area contributed by atoms with Gasteiger partial charge in [-0.05, 0) is 30.2 Å². The highest BCUT2D eigenvalue weighted by atomic mass is 19.4. The molecule has 6 heteroatoms. The molecule has 1 heterocycles. The maximum atomic E-state index is 12.4. The van der Waals surface area contributed by atoms with Crippen LogP contribution >= 0.6 is 0 Å². The second-order valence-electron chi connectivity index (χ2n) is 4.17. The molecule has 0 fully saturated rings. The zero-order valence-corrected chi connectivity index (χ0v) is 9.95. The molecule has 0 saturated heterocycles. The van der Waals surface area contributed by atoms with E-state index in [-0.39, 0.29) is 6.04 Å². The number of nitrogens with two attached hydrogens (primary N) is 1. The van der Waals surface area contributed by atoms with E-state index in [9.17, 15) is 13.2 Å². The Kier molecular flexibility index (Phi) is 3.92. The van der Waals surface area contributed by atoms with Crippen molar-refractivity contribution in [2.75, 3.05) is 0 Å². The van der Waals surface area contributed by atoms with E-state index in [0.29, 0.717) is 6.42 Å². The molecule has 0 radical (unpaired) electrons. The molecule has 102 valence electrons. The van der Waals surface area contributed by atoms with Gasteiger partial charge in [-0.25, -0.2) is 0 Å². The molecular weight excluding hydrogens is 257 g/mol. The van der Waals surface area contributed by atoms with Gasteiger partial charge in [-0.15, -0.1) is 0 Å². The Labute approximate surface area is 108 Å². The van der Waals surface area contributed by atoms with Crippen LogP contribution in [0.25, 0.3) is 0 Å². The molecule has 1 aromatic heterocycles. The molecule has 2 aromatic rings. The zero-order chi connectivity index (χ0) is 13.9. The van der Waals surface area contributed by atoms with Crippen LogP contribution in [0.2, 0.25) is 0 Å². The van der Waals surface area contributed by atoms with E-state index in [4.69, 9.17) is 10.3 Å². The Morgan fingerprint density at radius 3 is 2.32 bits per heavy atom. The number of benzene rings is 1. The summed E-state index contributed by atoms with van der Waals surface area (Å²) < 4.78 is 42.2. The second kappa shape index (κ2) is 5.46. The number of alkyl halides is 3. The summed E-state index contributed by atoms with van der Waals surface area (Å²) in [5.74, 6) is 5.44. The molecular formula is C13H13F3N2O. The molecule has 0 bridgehead atoms. The molecule has 19 heavy (non-hydrogen) atoms. The third-order valence-electron chi connectivity index (χ3n) is 2.87. The highest BCUT2D eigenvalue weighted by Crippen LogP contribution is 2.29. The van der Waals surface area contributed by atoms with Crippen molar-refractivity contribution >= 4 is 0 Å². The van der Waals surface area contributed by atoms with E-state index in [2.05, 4.69) is 5.43 Å². The van der Waals surface area contributed by atoms with Crippen molar-refractivity contribution in [1.29, 1.82) is 0 Å². The van der Waals surface area contributed by atoms with Crippen molar-refractivity contribution in [1.82, 2.24) is 5.43 Å². The molecule has 3 nitrogen and oxygen atoms in total. The van der Waals surface area contributed by atoms with Crippen LogP contribution in [0.15, 0.2) is 47.3 Å². The lowest BCUT2D eigenvalue weighted by Gasteiger charge is -2.14. The van der Waals surface area contributed by atoms with Crippen molar-refractivity contribution in [2.24, 2.45) is 5.84 Å². The van der Waals surface area contributed by atoms with Gasteiger partial charge in [0.25, 0.3) is 0 Å². The van der Waals surface area contributed by atoms with Crippen molar-refractivity contribution in [2.45, 2.75) is 18.6 Å². The molecule has 0 amide bonds. The Bertz CT molecular complexity index is 506. The van der Waals surface area contributed by atoms with Crippen molar-refractivity contribution in [3.8, 4) is 0 Å². The van der Waals surface area contributed by atoms with Crippen molar-refractivity contribution in [3.63, 3.8) is 0 Å². The minimum atomic E-state index is -4.31. The Balaban J connectivity index is 2.11. The van der Waals surface area contributed by atoms with Crippen molar-refractivity contribution < 1.29 is 17.6 Å². The van der Waals surface area contributed by atoms with Crippen LogP contribution in [0.5, 0.6) is 0 Å². The number of halogens is 3. The van der Waals surface area contributed by atoms with E-state index in [1.807, 2.05) is 0 Å². The van der Waals surface area contributed by atoms with Crippen LogP contribution in [-0.2, 0) is 12.6 Å². The second-order valence-corrected chi connectivity index (χ2v) is 4.17. The molecule has 2 rings (SSSR count). The first-order valence-corrected chi connectivity index (χ1v) is 5.65. The monoisotopic (exact) mass is 270 g/mol. The van der Waals surface area contributed by atoms with E-state index >= 15 is 0 Å². The van der Waals surface area contributed by atoms with E-state index in [1.165, 1.54) is 18.4 Å². The molecule has 0 aliphatic heterocycles. The molecule has 1 unspecified atom stereocenters. The Hall–Kier alpha value is -1.79. The highest BCUT2D eigenvalue weighted by Gasteiger charge is 2.30. The summed E-state index contributed by atoms with van der Waals surface area (Å²) in [5, 5.41) is 0. The highest BCUT2D eigenvalue weighted by molar-refractivity contribution is 5.26. The van der Waals surface area contributed by atoms with Gasteiger partial charge in [0.15, 0.2) is 0 Å². The van der Waals surface area contributed by atoms with Crippen LogP contribution in [0, 0.1) is 0 Å². The lowest BCUT2D eigenvalue weighted by molar-refractivity contribution is -0.137. The summed E-state index contributed by atoms with van der Waals surface area (Å²) in [5.41, 5.74) is 3.57. The zero-order valence-electron chi connectivity index (χ0n) is 9.95. The standard InChI is InChI=1S/C13H13F3N2O/c14-13(15,16)11-3-1-9(2-4-11)7-12(18-17)10-5-6-19-8-10/h1-6,8,12,18H,7,17H2. The smallest absolute Gasteiger partial charge is 0.416 e. The van der Waals surface area contributed by atoms with Crippen LogP contribution < -0.4 is 11.3 Å². The number of nitrogens with one attached hydrogen (secondary N) is 1. The lowest BCUT2D eigenvalue weighted by Crippen LogP contribution is -2.29. The fourth-order valence-electron chi connectivity index (χ4n) is 1.81. The summed E-state index contributed by atoms with van der Waals surface area (Å²) in [4.78, 5) is 0. The first-order valence-electron chi connectivity index (χ1n) is 5.65. The average Bonchev–Trinajstić information content (AvgIpc) is 2.89. The lowest BCUT2D eigenvalue weighted by atomic mass is 10.0. The summed E-state index contributed by atoms with van der Waals surface area (Å²) in [6.45, 7) is 0. The SMILES string of the molecule is NNC(Cc1ccc(C(F)(F)F)cc1)c1ccoc1. The maximum Gasteiger partial charge on any atom is 0.416 e. The number of hydrogen-bond donors (Lipinski definition) is 2.